The summed E-state index contributed by atoms with van der Waals surface area (Å²) in [6, 6.07) is -0.554. The standard InChI is InChI=1S/C62H121NO5/c1-3-5-7-9-11-13-15-17-19-20-21-22-23-27-30-34-38-42-46-50-54-60(65)59(58-64)63-61(66)55-51-47-43-39-35-31-28-24-25-29-33-37-41-45-49-53-57-68-62(67)56-52-48-44-40-36-32-26-18-16-14-12-10-8-6-4-2/h24,28,59-60,64-65H,3-23,25-27,29-58H2,1-2H3,(H,63,66)/b28-24-. The zero-order chi connectivity index (χ0) is 49.3. The van der Waals surface area contributed by atoms with Crippen LogP contribution in [-0.2, 0) is 14.3 Å². The van der Waals surface area contributed by atoms with Gasteiger partial charge in [-0.3, -0.25) is 9.59 Å². The third-order valence-corrected chi connectivity index (χ3v) is 14.6. The highest BCUT2D eigenvalue weighted by Gasteiger charge is 2.20. The van der Waals surface area contributed by atoms with E-state index in [0.717, 1.165) is 64.2 Å². The first-order valence-corrected chi connectivity index (χ1v) is 30.9. The Morgan fingerprint density at radius 2 is 0.691 bits per heavy atom. The largest absolute Gasteiger partial charge is 0.466 e. The van der Waals surface area contributed by atoms with E-state index in [1.165, 1.54) is 250 Å². The van der Waals surface area contributed by atoms with Crippen molar-refractivity contribution in [2.75, 3.05) is 13.2 Å². The lowest BCUT2D eigenvalue weighted by atomic mass is 10.0. The average Bonchev–Trinajstić information content (AvgIpc) is 3.34. The third kappa shape index (κ3) is 53.9. The van der Waals surface area contributed by atoms with Gasteiger partial charge < -0.3 is 20.3 Å². The second-order valence-electron chi connectivity index (χ2n) is 21.4. The van der Waals surface area contributed by atoms with Gasteiger partial charge in [-0.25, -0.2) is 0 Å². The number of carbonyl (C=O) groups excluding carboxylic acids is 2. The number of unbranched alkanes of at least 4 members (excludes halogenated alkanes) is 45. The molecule has 6 heteroatoms. The van der Waals surface area contributed by atoms with Crippen molar-refractivity contribution in [3.63, 3.8) is 0 Å². The Kier molecular flexibility index (Phi) is 57.0. The molecule has 6 nitrogen and oxygen atoms in total. The number of hydrogen-bond acceptors (Lipinski definition) is 5. The van der Waals surface area contributed by atoms with Gasteiger partial charge in [0.25, 0.3) is 0 Å². The topological polar surface area (TPSA) is 95.9 Å². The van der Waals surface area contributed by atoms with Crippen LogP contribution >= 0.6 is 0 Å². The summed E-state index contributed by atoms with van der Waals surface area (Å²) in [4.78, 5) is 24.6. The molecule has 68 heavy (non-hydrogen) atoms. The minimum Gasteiger partial charge on any atom is -0.466 e. The SMILES string of the molecule is CCCCCCCCCCCCCCCCCCCCCCC(O)C(CO)NC(=O)CCCCCCC/C=C\CCCCCCCCCOC(=O)CCCCCCCCCCCCCCCCC. The summed E-state index contributed by atoms with van der Waals surface area (Å²) in [7, 11) is 0. The summed E-state index contributed by atoms with van der Waals surface area (Å²) >= 11 is 0. The molecule has 0 aliphatic carbocycles. The highest BCUT2D eigenvalue weighted by Crippen LogP contribution is 2.18. The molecule has 0 aliphatic rings. The molecule has 3 N–H and O–H groups in total. The number of rotatable bonds is 58. The Morgan fingerprint density at radius 1 is 0.397 bits per heavy atom. The molecule has 0 spiro atoms. The molecule has 0 heterocycles. The molecule has 0 aromatic carbocycles. The van der Waals surface area contributed by atoms with E-state index < -0.39 is 12.1 Å². The first kappa shape index (κ1) is 66.6. The fourth-order valence-corrected chi connectivity index (χ4v) is 9.81. The van der Waals surface area contributed by atoms with Gasteiger partial charge in [-0.2, -0.15) is 0 Å². The summed E-state index contributed by atoms with van der Waals surface area (Å²) in [5, 5.41) is 23.3. The Bertz CT molecular complexity index is 1020. The second-order valence-corrected chi connectivity index (χ2v) is 21.4. The minimum absolute atomic E-state index is 0.00107. The lowest BCUT2D eigenvalue weighted by molar-refractivity contribution is -0.143. The van der Waals surface area contributed by atoms with E-state index in [1.54, 1.807) is 0 Å². The molecule has 0 rings (SSSR count). The predicted octanol–water partition coefficient (Wildman–Crippen LogP) is 19.2. The molecule has 1 amide bonds. The molecule has 0 aromatic heterocycles. The van der Waals surface area contributed by atoms with Gasteiger partial charge in [-0.05, 0) is 51.4 Å². The van der Waals surface area contributed by atoms with Gasteiger partial charge in [-0.15, -0.1) is 0 Å². The quantitative estimate of drug-likeness (QED) is 0.0321. The molecule has 404 valence electrons. The normalized spacial score (nSPS) is 12.6. The van der Waals surface area contributed by atoms with Crippen LogP contribution in [0.4, 0.5) is 0 Å². The van der Waals surface area contributed by atoms with Gasteiger partial charge in [-0.1, -0.05) is 296 Å². The maximum absolute atomic E-state index is 12.5. The molecule has 2 unspecified atom stereocenters. The maximum Gasteiger partial charge on any atom is 0.305 e. The number of amides is 1. The summed E-state index contributed by atoms with van der Waals surface area (Å²) in [5.41, 5.74) is 0. The zero-order valence-corrected chi connectivity index (χ0v) is 46.1. The van der Waals surface area contributed by atoms with Crippen LogP contribution in [0.2, 0.25) is 0 Å². The van der Waals surface area contributed by atoms with E-state index in [1.807, 2.05) is 0 Å². The van der Waals surface area contributed by atoms with Crippen molar-refractivity contribution in [1.29, 1.82) is 0 Å². The highest BCUT2D eigenvalue weighted by atomic mass is 16.5. The van der Waals surface area contributed by atoms with Gasteiger partial charge in [0.2, 0.25) is 5.91 Å². The number of esters is 1. The highest BCUT2D eigenvalue weighted by molar-refractivity contribution is 5.76. The monoisotopic (exact) mass is 960 g/mol. The van der Waals surface area contributed by atoms with E-state index in [9.17, 15) is 19.8 Å². The summed E-state index contributed by atoms with van der Waals surface area (Å²) in [6.45, 7) is 4.96. The smallest absolute Gasteiger partial charge is 0.305 e. The summed E-state index contributed by atoms with van der Waals surface area (Å²) in [5.74, 6) is -0.0472. The zero-order valence-electron chi connectivity index (χ0n) is 46.1. The maximum atomic E-state index is 12.5. The number of carbonyl (C=O) groups is 2. The first-order chi connectivity index (χ1) is 33.5. The van der Waals surface area contributed by atoms with Crippen LogP contribution in [0.15, 0.2) is 12.2 Å². The molecular weight excluding hydrogens is 839 g/mol. The van der Waals surface area contributed by atoms with Gasteiger partial charge in [0.15, 0.2) is 0 Å². The second kappa shape index (κ2) is 58.2. The predicted molar refractivity (Wildman–Crippen MR) is 297 cm³/mol. The van der Waals surface area contributed by atoms with Crippen molar-refractivity contribution >= 4 is 11.9 Å². The number of allylic oxidation sites excluding steroid dienone is 2. The summed E-state index contributed by atoms with van der Waals surface area (Å²) < 4.78 is 5.48. The molecule has 0 fully saturated rings. The van der Waals surface area contributed by atoms with E-state index in [-0.39, 0.29) is 18.5 Å². The lowest BCUT2D eigenvalue weighted by Gasteiger charge is -2.22. The number of ether oxygens (including phenoxy) is 1. The molecule has 0 saturated carbocycles. The molecule has 0 aliphatic heterocycles. The van der Waals surface area contributed by atoms with Crippen LogP contribution < -0.4 is 5.32 Å². The van der Waals surface area contributed by atoms with Crippen LogP contribution in [0.3, 0.4) is 0 Å². The molecule has 2 atom stereocenters. The van der Waals surface area contributed by atoms with Crippen LogP contribution in [0.5, 0.6) is 0 Å². The lowest BCUT2D eigenvalue weighted by Crippen LogP contribution is -2.45. The average molecular weight is 961 g/mol. The third-order valence-electron chi connectivity index (χ3n) is 14.6. The van der Waals surface area contributed by atoms with Crippen molar-refractivity contribution in [3.05, 3.63) is 12.2 Å². The molecule has 0 radical (unpaired) electrons. The number of hydrogen-bond donors (Lipinski definition) is 3. The van der Waals surface area contributed by atoms with Gasteiger partial charge in [0.05, 0.1) is 25.4 Å². The summed E-state index contributed by atoms with van der Waals surface area (Å²) in [6.07, 6.45) is 69.3. The Balaban J connectivity index is 3.45. The molecular formula is C62H121NO5. The van der Waals surface area contributed by atoms with Crippen molar-refractivity contribution in [3.8, 4) is 0 Å². The molecule has 0 bridgehead atoms. The van der Waals surface area contributed by atoms with E-state index >= 15 is 0 Å². The van der Waals surface area contributed by atoms with E-state index in [4.69, 9.17) is 4.74 Å². The molecule has 0 saturated heterocycles. The number of aliphatic hydroxyl groups excluding tert-OH is 2. The van der Waals surface area contributed by atoms with Crippen LogP contribution in [0.1, 0.15) is 348 Å². The molecule has 0 aromatic rings. The minimum atomic E-state index is -0.675. The van der Waals surface area contributed by atoms with Crippen molar-refractivity contribution < 1.29 is 24.5 Å². The van der Waals surface area contributed by atoms with Gasteiger partial charge >= 0.3 is 5.97 Å². The van der Waals surface area contributed by atoms with Crippen LogP contribution in [0.25, 0.3) is 0 Å². The van der Waals surface area contributed by atoms with Gasteiger partial charge in [0, 0.05) is 12.8 Å². The van der Waals surface area contributed by atoms with Crippen molar-refractivity contribution in [1.82, 2.24) is 5.32 Å². The Labute approximate surface area is 425 Å². The van der Waals surface area contributed by atoms with Gasteiger partial charge in [0.1, 0.15) is 0 Å². The Hall–Kier alpha value is -1.40. The van der Waals surface area contributed by atoms with E-state index in [2.05, 4.69) is 31.3 Å². The van der Waals surface area contributed by atoms with Crippen LogP contribution in [0, 0.1) is 0 Å². The first-order valence-electron chi connectivity index (χ1n) is 30.9. The van der Waals surface area contributed by atoms with E-state index in [0.29, 0.717) is 25.9 Å². The van der Waals surface area contributed by atoms with Crippen LogP contribution in [-0.4, -0.2) is 47.4 Å². The fourth-order valence-electron chi connectivity index (χ4n) is 9.81. The van der Waals surface area contributed by atoms with Crippen molar-refractivity contribution in [2.45, 2.75) is 360 Å². The fraction of sp³-hybridized carbons (Fsp3) is 0.935. The van der Waals surface area contributed by atoms with Crippen molar-refractivity contribution in [2.24, 2.45) is 0 Å². The Morgan fingerprint density at radius 3 is 1.04 bits per heavy atom. The number of nitrogens with one attached hydrogen (secondary N) is 1. The number of aliphatic hydroxyl groups is 2.